The molecule has 1 unspecified atom stereocenters. The summed E-state index contributed by atoms with van der Waals surface area (Å²) >= 11 is 0. The molecule has 1 N–H and O–H groups in total. The number of phenols is 1. The molecule has 0 aliphatic rings. The van der Waals surface area contributed by atoms with Crippen molar-refractivity contribution < 1.29 is 9.90 Å². The molecule has 0 saturated heterocycles. The zero-order valence-corrected chi connectivity index (χ0v) is 11.7. The summed E-state index contributed by atoms with van der Waals surface area (Å²) in [4.78, 5) is 14.0. The fourth-order valence-electron chi connectivity index (χ4n) is 1.92. The Morgan fingerprint density at radius 3 is 2.61 bits per heavy atom. The standard InChI is InChI=1S/C15H23NO2/c1-5-11(3)9-15(18)16(6-2)14-10-13(17)8-7-12(14)4/h7-8,10-11,17H,5-6,9H2,1-4H3. The van der Waals surface area contributed by atoms with E-state index >= 15 is 0 Å². The Bertz CT molecular complexity index is 415. The molecule has 0 aromatic heterocycles. The quantitative estimate of drug-likeness (QED) is 0.867. The SMILES string of the molecule is CCC(C)CC(=O)N(CC)c1cc(O)ccc1C. The maximum atomic E-state index is 12.3. The number of carbonyl (C=O) groups is 1. The lowest BCUT2D eigenvalue weighted by molar-refractivity contribution is -0.119. The van der Waals surface area contributed by atoms with Gasteiger partial charge in [-0.1, -0.05) is 26.3 Å². The number of anilines is 1. The zero-order valence-electron chi connectivity index (χ0n) is 11.7. The molecule has 0 aliphatic heterocycles. The molecule has 3 nitrogen and oxygen atoms in total. The fourth-order valence-corrected chi connectivity index (χ4v) is 1.92. The highest BCUT2D eigenvalue weighted by Crippen LogP contribution is 2.26. The summed E-state index contributed by atoms with van der Waals surface area (Å²) in [7, 11) is 0. The zero-order chi connectivity index (χ0) is 13.7. The van der Waals surface area contributed by atoms with Gasteiger partial charge in [0.15, 0.2) is 0 Å². The van der Waals surface area contributed by atoms with Crippen LogP contribution >= 0.6 is 0 Å². The molecule has 100 valence electrons. The molecule has 1 atom stereocenters. The van der Waals surface area contributed by atoms with Gasteiger partial charge >= 0.3 is 0 Å². The topological polar surface area (TPSA) is 40.5 Å². The molecule has 1 aromatic rings. The summed E-state index contributed by atoms with van der Waals surface area (Å²) < 4.78 is 0. The van der Waals surface area contributed by atoms with Crippen molar-refractivity contribution in [1.29, 1.82) is 0 Å². The first-order chi connectivity index (χ1) is 8.49. The average Bonchev–Trinajstić information content (AvgIpc) is 2.34. The molecule has 0 bridgehead atoms. The van der Waals surface area contributed by atoms with E-state index in [1.54, 1.807) is 17.0 Å². The highest BCUT2D eigenvalue weighted by molar-refractivity contribution is 5.94. The molecule has 3 heteroatoms. The number of hydrogen-bond acceptors (Lipinski definition) is 2. The van der Waals surface area contributed by atoms with Gasteiger partial charge in [-0.3, -0.25) is 4.79 Å². The number of benzene rings is 1. The highest BCUT2D eigenvalue weighted by Gasteiger charge is 2.18. The lowest BCUT2D eigenvalue weighted by Crippen LogP contribution is -2.32. The lowest BCUT2D eigenvalue weighted by Gasteiger charge is -2.24. The largest absolute Gasteiger partial charge is 0.508 e. The van der Waals surface area contributed by atoms with Crippen LogP contribution in [0.4, 0.5) is 5.69 Å². The van der Waals surface area contributed by atoms with Gasteiger partial charge in [0.1, 0.15) is 5.75 Å². The van der Waals surface area contributed by atoms with E-state index in [0.717, 1.165) is 17.7 Å². The minimum atomic E-state index is 0.126. The van der Waals surface area contributed by atoms with Crippen LogP contribution in [0.15, 0.2) is 18.2 Å². The first-order valence-electron chi connectivity index (χ1n) is 6.59. The van der Waals surface area contributed by atoms with Crippen molar-refractivity contribution in [2.24, 2.45) is 5.92 Å². The first kappa shape index (κ1) is 14.6. The van der Waals surface area contributed by atoms with Crippen LogP contribution in [0.1, 0.15) is 39.2 Å². The van der Waals surface area contributed by atoms with Crippen molar-refractivity contribution in [3.63, 3.8) is 0 Å². The van der Waals surface area contributed by atoms with Gasteiger partial charge in [0.05, 0.1) is 5.69 Å². The number of aryl methyl sites for hydroxylation is 1. The van der Waals surface area contributed by atoms with E-state index in [0.29, 0.717) is 18.9 Å². The van der Waals surface area contributed by atoms with Crippen molar-refractivity contribution in [3.05, 3.63) is 23.8 Å². The Kier molecular flexibility index (Phi) is 5.20. The van der Waals surface area contributed by atoms with E-state index in [9.17, 15) is 9.90 Å². The molecule has 0 aliphatic carbocycles. The van der Waals surface area contributed by atoms with Crippen LogP contribution in [-0.2, 0) is 4.79 Å². The number of nitrogens with zero attached hydrogens (tertiary/aromatic N) is 1. The van der Waals surface area contributed by atoms with E-state index in [4.69, 9.17) is 0 Å². The molecule has 0 spiro atoms. The van der Waals surface area contributed by atoms with Crippen molar-refractivity contribution in [3.8, 4) is 5.75 Å². The van der Waals surface area contributed by atoms with E-state index in [1.807, 2.05) is 19.9 Å². The Labute approximate surface area is 109 Å². The molecule has 1 amide bonds. The Balaban J connectivity index is 2.95. The van der Waals surface area contributed by atoms with Crippen LogP contribution in [-0.4, -0.2) is 17.6 Å². The summed E-state index contributed by atoms with van der Waals surface area (Å²) in [5.41, 5.74) is 1.82. The van der Waals surface area contributed by atoms with Crippen LogP contribution in [0.5, 0.6) is 5.75 Å². The Hall–Kier alpha value is -1.51. The van der Waals surface area contributed by atoms with Crippen LogP contribution in [0, 0.1) is 12.8 Å². The van der Waals surface area contributed by atoms with Crippen molar-refractivity contribution >= 4 is 11.6 Å². The molecule has 1 aromatic carbocycles. The van der Waals surface area contributed by atoms with Gasteiger partial charge in [-0.15, -0.1) is 0 Å². The second-order valence-corrected chi connectivity index (χ2v) is 4.83. The Morgan fingerprint density at radius 2 is 2.06 bits per heavy atom. The predicted molar refractivity (Wildman–Crippen MR) is 74.9 cm³/mol. The lowest BCUT2D eigenvalue weighted by atomic mass is 10.0. The van der Waals surface area contributed by atoms with Crippen LogP contribution in [0.2, 0.25) is 0 Å². The van der Waals surface area contributed by atoms with Gasteiger partial charge in [0, 0.05) is 19.0 Å². The van der Waals surface area contributed by atoms with Crippen molar-refractivity contribution in [2.45, 2.75) is 40.5 Å². The fraction of sp³-hybridized carbons (Fsp3) is 0.533. The van der Waals surface area contributed by atoms with E-state index in [2.05, 4.69) is 13.8 Å². The molecule has 0 radical (unpaired) electrons. The van der Waals surface area contributed by atoms with Crippen LogP contribution in [0.25, 0.3) is 0 Å². The summed E-state index contributed by atoms with van der Waals surface area (Å²) in [6.45, 7) is 8.71. The summed E-state index contributed by atoms with van der Waals surface area (Å²) in [6, 6.07) is 5.14. The van der Waals surface area contributed by atoms with Gasteiger partial charge < -0.3 is 10.0 Å². The number of hydrogen-bond donors (Lipinski definition) is 1. The van der Waals surface area contributed by atoms with Crippen molar-refractivity contribution in [2.75, 3.05) is 11.4 Å². The third kappa shape index (κ3) is 3.49. The first-order valence-corrected chi connectivity index (χ1v) is 6.59. The van der Waals surface area contributed by atoms with E-state index in [-0.39, 0.29) is 11.7 Å². The van der Waals surface area contributed by atoms with Gasteiger partial charge in [0.2, 0.25) is 5.91 Å². The molecule has 18 heavy (non-hydrogen) atoms. The Morgan fingerprint density at radius 1 is 1.39 bits per heavy atom. The van der Waals surface area contributed by atoms with Gasteiger partial charge in [-0.25, -0.2) is 0 Å². The van der Waals surface area contributed by atoms with E-state index < -0.39 is 0 Å². The monoisotopic (exact) mass is 249 g/mol. The predicted octanol–water partition coefficient (Wildman–Crippen LogP) is 3.49. The summed E-state index contributed by atoms with van der Waals surface area (Å²) in [5, 5.41) is 9.55. The highest BCUT2D eigenvalue weighted by atomic mass is 16.3. The average molecular weight is 249 g/mol. The minimum Gasteiger partial charge on any atom is -0.508 e. The number of amides is 1. The molecular formula is C15H23NO2. The van der Waals surface area contributed by atoms with E-state index in [1.165, 1.54) is 0 Å². The molecular weight excluding hydrogens is 226 g/mol. The number of phenolic OH excluding ortho intramolecular Hbond substituents is 1. The molecule has 0 saturated carbocycles. The molecule has 1 rings (SSSR count). The molecule has 0 heterocycles. The second kappa shape index (κ2) is 6.43. The van der Waals surface area contributed by atoms with Crippen LogP contribution < -0.4 is 4.90 Å². The van der Waals surface area contributed by atoms with Crippen LogP contribution in [0.3, 0.4) is 0 Å². The maximum absolute atomic E-state index is 12.3. The van der Waals surface area contributed by atoms with Gasteiger partial charge in [0.25, 0.3) is 0 Å². The number of carbonyl (C=O) groups excluding carboxylic acids is 1. The minimum absolute atomic E-state index is 0.126. The maximum Gasteiger partial charge on any atom is 0.227 e. The van der Waals surface area contributed by atoms with Crippen molar-refractivity contribution in [1.82, 2.24) is 0 Å². The van der Waals surface area contributed by atoms with Gasteiger partial charge in [-0.05, 0) is 31.4 Å². The van der Waals surface area contributed by atoms with Gasteiger partial charge in [-0.2, -0.15) is 0 Å². The summed E-state index contributed by atoms with van der Waals surface area (Å²) in [6.07, 6.45) is 1.56. The third-order valence-corrected chi connectivity index (χ3v) is 3.32. The smallest absolute Gasteiger partial charge is 0.227 e. The number of aromatic hydroxyl groups is 1. The molecule has 0 fully saturated rings. The summed E-state index contributed by atoms with van der Waals surface area (Å²) in [5.74, 6) is 0.718. The second-order valence-electron chi connectivity index (χ2n) is 4.83. The third-order valence-electron chi connectivity index (χ3n) is 3.32. The normalized spacial score (nSPS) is 12.2. The number of rotatable bonds is 5.